The van der Waals surface area contributed by atoms with Crippen molar-refractivity contribution < 1.29 is 37.6 Å². The molecule has 11 heteroatoms. The highest BCUT2D eigenvalue weighted by atomic mass is 32.2. The van der Waals surface area contributed by atoms with Gasteiger partial charge in [-0.15, -0.1) is 0 Å². The van der Waals surface area contributed by atoms with E-state index in [9.17, 15) is 18.0 Å². The third-order valence-electron chi connectivity index (χ3n) is 12.1. The van der Waals surface area contributed by atoms with E-state index in [1.807, 2.05) is 44.2 Å². The van der Waals surface area contributed by atoms with E-state index in [0.717, 1.165) is 43.1 Å². The molecule has 1 aliphatic heterocycles. The third-order valence-corrected chi connectivity index (χ3v) is 13.5. The molecule has 5 aliphatic carbocycles. The van der Waals surface area contributed by atoms with E-state index in [-0.39, 0.29) is 35.0 Å². The normalized spacial score (nSPS) is 32.3. The summed E-state index contributed by atoms with van der Waals surface area (Å²) in [5, 5.41) is 7.22. The number of carbonyl (C=O) groups excluding carboxylic acids is 2. The van der Waals surface area contributed by atoms with Crippen LogP contribution < -0.4 is 10.6 Å². The Balaban J connectivity index is 0.933. The van der Waals surface area contributed by atoms with Gasteiger partial charge in [0, 0.05) is 42.5 Å². The zero-order valence-corrected chi connectivity index (χ0v) is 31.2. The molecular weight excluding hydrogens is 681 g/mol. The smallest absolute Gasteiger partial charge is 0.243 e. The highest BCUT2D eigenvalue weighted by Crippen LogP contribution is 2.62. The van der Waals surface area contributed by atoms with E-state index in [1.54, 1.807) is 36.4 Å². The van der Waals surface area contributed by atoms with Gasteiger partial charge in [-0.2, -0.15) is 19.6 Å². The Kier molecular flexibility index (Phi) is 11.3. The molecule has 0 unspecified atom stereocenters. The first-order chi connectivity index (χ1) is 25.0. The molecule has 1 heterocycles. The van der Waals surface area contributed by atoms with Crippen LogP contribution in [0.5, 0.6) is 0 Å². The number of hydrogen-bond donors (Lipinski definition) is 2. The lowest BCUT2D eigenvalue weighted by molar-refractivity contribution is -0.680. The molecule has 282 valence electrons. The summed E-state index contributed by atoms with van der Waals surface area (Å²) in [7, 11) is -3.71. The summed E-state index contributed by atoms with van der Waals surface area (Å²) >= 11 is 0. The predicted octanol–water partition coefficient (Wildman–Crippen LogP) is 6.96. The molecule has 1 saturated heterocycles. The number of aryl methyl sites for hydroxylation is 1. The minimum Gasteiger partial charge on any atom is -0.348 e. The molecule has 8 rings (SSSR count). The van der Waals surface area contributed by atoms with Crippen LogP contribution in [0.2, 0.25) is 0 Å². The molecule has 2 aromatic rings. The Hall–Kier alpha value is -3.09. The van der Waals surface area contributed by atoms with Gasteiger partial charge in [-0.3, -0.25) is 9.59 Å². The van der Waals surface area contributed by atoms with Crippen LogP contribution >= 0.6 is 0 Å². The Labute approximate surface area is 308 Å². The van der Waals surface area contributed by atoms with Gasteiger partial charge in [0.25, 0.3) is 0 Å². The highest BCUT2D eigenvalue weighted by Gasteiger charge is 2.64. The first-order valence-corrected chi connectivity index (χ1v) is 20.9. The number of hydrogen-bond acceptors (Lipinski definition) is 8. The summed E-state index contributed by atoms with van der Waals surface area (Å²) in [5.74, 6) is 0.150. The van der Waals surface area contributed by atoms with Gasteiger partial charge in [-0.05, 0) is 106 Å². The fourth-order valence-corrected chi connectivity index (χ4v) is 10.6. The maximum Gasteiger partial charge on any atom is 0.243 e. The van der Waals surface area contributed by atoms with Crippen molar-refractivity contribution in [3.8, 4) is 0 Å². The van der Waals surface area contributed by atoms with Crippen LogP contribution in [0.25, 0.3) is 0 Å². The fourth-order valence-electron chi connectivity index (χ4n) is 9.48. The minimum atomic E-state index is -3.71. The van der Waals surface area contributed by atoms with Crippen LogP contribution in [0.4, 0.5) is 0 Å². The van der Waals surface area contributed by atoms with Gasteiger partial charge in [-0.1, -0.05) is 68.5 Å². The molecule has 10 nitrogen and oxygen atoms in total. The van der Waals surface area contributed by atoms with Crippen molar-refractivity contribution in [3.05, 3.63) is 77.7 Å². The zero-order chi connectivity index (χ0) is 36.3. The summed E-state index contributed by atoms with van der Waals surface area (Å²) < 4.78 is 26.1. The van der Waals surface area contributed by atoms with E-state index in [1.165, 1.54) is 11.8 Å². The van der Waals surface area contributed by atoms with Crippen molar-refractivity contribution in [3.63, 3.8) is 0 Å². The van der Waals surface area contributed by atoms with Crippen LogP contribution in [-0.2, 0) is 45.4 Å². The topological polar surface area (TPSA) is 129 Å². The molecule has 2 aromatic carbocycles. The Morgan fingerprint density at radius 1 is 0.827 bits per heavy atom. The fraction of sp³-hybridized carbons (Fsp3) is 0.610. The molecule has 2 N–H and O–H groups in total. The number of benzene rings is 2. The van der Waals surface area contributed by atoms with Crippen molar-refractivity contribution in [1.82, 2.24) is 10.6 Å². The number of rotatable bonds is 13. The molecule has 4 bridgehead atoms. The van der Waals surface area contributed by atoms with Crippen LogP contribution in [0.3, 0.4) is 0 Å². The van der Waals surface area contributed by atoms with Gasteiger partial charge in [0.05, 0.1) is 4.90 Å². The second-order valence-corrected chi connectivity index (χ2v) is 18.3. The Bertz CT molecular complexity index is 1630. The van der Waals surface area contributed by atoms with Gasteiger partial charge >= 0.3 is 0 Å². The molecule has 0 radical (unpaired) electrons. The van der Waals surface area contributed by atoms with E-state index in [4.69, 9.17) is 19.6 Å². The molecule has 6 fully saturated rings. The summed E-state index contributed by atoms with van der Waals surface area (Å²) in [5.41, 5.74) is 1.08. The number of sulfone groups is 1. The molecule has 6 aliphatic rings. The predicted molar refractivity (Wildman–Crippen MR) is 194 cm³/mol. The molecule has 0 aromatic heterocycles. The second kappa shape index (κ2) is 15.7. The van der Waals surface area contributed by atoms with Crippen LogP contribution in [0.1, 0.15) is 96.5 Å². The lowest BCUT2D eigenvalue weighted by atomic mass is 9.53. The maximum atomic E-state index is 13.8. The average Bonchev–Trinajstić information content (AvgIpc) is 3.13. The van der Waals surface area contributed by atoms with Crippen molar-refractivity contribution >= 4 is 21.7 Å². The molecule has 52 heavy (non-hydrogen) atoms. The average molecular weight is 735 g/mol. The number of carbonyl (C=O) groups is 2. The SMILES string of the molecule is CC(C)C[C@H](NC(=O)CC1CCC2(CC1)OOC1(OO2)C2CC3CC(C2)CC1C3)C(=O)N[C@H](/C=C/S(=O)(=O)c1ccccc1)CCc1ccccc1. The van der Waals surface area contributed by atoms with Gasteiger partial charge in [0.1, 0.15) is 6.04 Å². The van der Waals surface area contributed by atoms with E-state index in [0.29, 0.717) is 56.8 Å². The van der Waals surface area contributed by atoms with E-state index in [2.05, 4.69) is 10.6 Å². The summed E-state index contributed by atoms with van der Waals surface area (Å²) in [4.78, 5) is 52.0. The largest absolute Gasteiger partial charge is 0.348 e. The molecular formula is C41H54N2O8S. The van der Waals surface area contributed by atoms with Crippen LogP contribution in [0.15, 0.2) is 77.0 Å². The van der Waals surface area contributed by atoms with Crippen molar-refractivity contribution in [1.29, 1.82) is 0 Å². The highest BCUT2D eigenvalue weighted by molar-refractivity contribution is 7.94. The van der Waals surface area contributed by atoms with Crippen LogP contribution in [0, 0.1) is 35.5 Å². The van der Waals surface area contributed by atoms with Gasteiger partial charge < -0.3 is 10.6 Å². The van der Waals surface area contributed by atoms with Crippen LogP contribution in [-0.4, -0.2) is 43.9 Å². The molecule has 2 amide bonds. The van der Waals surface area contributed by atoms with E-state index < -0.39 is 33.5 Å². The Morgan fingerprint density at radius 3 is 2.02 bits per heavy atom. The Morgan fingerprint density at radius 2 is 1.42 bits per heavy atom. The summed E-state index contributed by atoms with van der Waals surface area (Å²) in [6, 6.07) is 16.7. The first-order valence-electron chi connectivity index (χ1n) is 19.4. The lowest BCUT2D eigenvalue weighted by Gasteiger charge is -2.60. The first kappa shape index (κ1) is 37.2. The minimum absolute atomic E-state index is 0.0994. The summed E-state index contributed by atoms with van der Waals surface area (Å²) in [6.07, 6.45) is 11.7. The van der Waals surface area contributed by atoms with Crippen molar-refractivity contribution in [2.24, 2.45) is 35.5 Å². The van der Waals surface area contributed by atoms with Gasteiger partial charge in [0.2, 0.25) is 23.4 Å². The van der Waals surface area contributed by atoms with Crippen molar-refractivity contribution in [2.45, 2.75) is 126 Å². The number of amides is 2. The zero-order valence-electron chi connectivity index (χ0n) is 30.4. The molecule has 2 atom stereocenters. The standard InChI is InChI=1S/C41H54N2O8S/c1-28(2)21-37(39(45)42-35(14-13-29-9-5-3-6-10-29)17-20-52(46,47)36-11-7-4-8-12-36)43-38(44)27-30-15-18-40(19-16-30)48-50-41(51-49-40)33-23-31-22-32(25-33)26-34(41)24-31/h3-12,17,20,28,30-35,37H,13-16,18-19,21-27H2,1-2H3,(H,42,45)(H,43,44)/b20-17+/t30?,31?,32?,33?,34?,35-,37-,40?,41?/m0/s1. The quantitative estimate of drug-likeness (QED) is 0.212. The van der Waals surface area contributed by atoms with Gasteiger partial charge in [0.15, 0.2) is 9.84 Å². The van der Waals surface area contributed by atoms with E-state index >= 15 is 0 Å². The lowest BCUT2D eigenvalue weighted by Crippen LogP contribution is -2.64. The maximum absolute atomic E-state index is 13.8. The molecule has 5 saturated carbocycles. The van der Waals surface area contributed by atoms with Gasteiger partial charge in [-0.25, -0.2) is 8.42 Å². The molecule has 2 spiro atoms. The monoisotopic (exact) mass is 734 g/mol. The second-order valence-electron chi connectivity index (χ2n) is 16.5. The third kappa shape index (κ3) is 8.49. The van der Waals surface area contributed by atoms with Crippen molar-refractivity contribution in [2.75, 3.05) is 0 Å². The number of nitrogens with one attached hydrogen (secondary N) is 2. The summed E-state index contributed by atoms with van der Waals surface area (Å²) in [6.45, 7) is 4.02.